The lowest BCUT2D eigenvalue weighted by atomic mass is 10.1. The van der Waals surface area contributed by atoms with Gasteiger partial charge in [-0.25, -0.2) is 0 Å². The van der Waals surface area contributed by atoms with Crippen LogP contribution in [0.1, 0.15) is 43.3 Å². The first-order chi connectivity index (χ1) is 9.67. The standard InChI is InChI=1S/C15H20ClN3S/c1-4-9-17-13(5-2)15-19-18-14(20-15)11-7-6-8-12(16)10(11)3/h6-8,13,17H,4-5,9H2,1-3H3. The van der Waals surface area contributed by atoms with Gasteiger partial charge in [-0.3, -0.25) is 0 Å². The van der Waals surface area contributed by atoms with E-state index in [0.717, 1.165) is 45.6 Å². The molecule has 0 aliphatic carbocycles. The highest BCUT2D eigenvalue weighted by atomic mass is 35.5. The maximum absolute atomic E-state index is 6.17. The third-order valence-electron chi connectivity index (χ3n) is 3.29. The highest BCUT2D eigenvalue weighted by Gasteiger charge is 2.16. The molecule has 108 valence electrons. The van der Waals surface area contributed by atoms with Crippen LogP contribution in [0.3, 0.4) is 0 Å². The maximum Gasteiger partial charge on any atom is 0.148 e. The summed E-state index contributed by atoms with van der Waals surface area (Å²) in [5.74, 6) is 0. The summed E-state index contributed by atoms with van der Waals surface area (Å²) < 4.78 is 0. The topological polar surface area (TPSA) is 37.8 Å². The Balaban J connectivity index is 2.26. The second-order valence-corrected chi connectivity index (χ2v) is 6.19. The first-order valence-electron chi connectivity index (χ1n) is 6.99. The van der Waals surface area contributed by atoms with Crippen molar-refractivity contribution in [3.05, 3.63) is 33.8 Å². The third kappa shape index (κ3) is 3.37. The van der Waals surface area contributed by atoms with Crippen LogP contribution in [0.2, 0.25) is 5.02 Å². The molecule has 5 heteroatoms. The summed E-state index contributed by atoms with van der Waals surface area (Å²) in [5, 5.41) is 15.0. The van der Waals surface area contributed by atoms with E-state index >= 15 is 0 Å². The van der Waals surface area contributed by atoms with Crippen molar-refractivity contribution in [3.8, 4) is 10.6 Å². The predicted octanol–water partition coefficient (Wildman–Crippen LogP) is 4.62. The summed E-state index contributed by atoms with van der Waals surface area (Å²) in [5.41, 5.74) is 2.14. The van der Waals surface area contributed by atoms with Gasteiger partial charge in [0, 0.05) is 10.6 Å². The molecule has 0 fully saturated rings. The number of halogens is 1. The Labute approximate surface area is 129 Å². The van der Waals surface area contributed by atoms with Gasteiger partial charge in [-0.05, 0) is 37.9 Å². The number of nitrogens with zero attached hydrogens (tertiary/aromatic N) is 2. The minimum atomic E-state index is 0.292. The lowest BCUT2D eigenvalue weighted by molar-refractivity contribution is 0.513. The van der Waals surface area contributed by atoms with E-state index in [1.807, 2.05) is 25.1 Å². The van der Waals surface area contributed by atoms with Gasteiger partial charge in [0.1, 0.15) is 10.0 Å². The number of hydrogen-bond acceptors (Lipinski definition) is 4. The number of benzene rings is 1. The summed E-state index contributed by atoms with van der Waals surface area (Å²) in [6, 6.07) is 6.20. The van der Waals surface area contributed by atoms with Crippen molar-refractivity contribution in [2.75, 3.05) is 6.54 Å². The number of rotatable bonds is 6. The van der Waals surface area contributed by atoms with E-state index < -0.39 is 0 Å². The van der Waals surface area contributed by atoms with Gasteiger partial charge in [0.15, 0.2) is 0 Å². The molecule has 0 amide bonds. The third-order valence-corrected chi connectivity index (χ3v) is 4.77. The molecule has 0 saturated heterocycles. The van der Waals surface area contributed by atoms with Crippen LogP contribution >= 0.6 is 22.9 Å². The Bertz CT molecular complexity index is 568. The summed E-state index contributed by atoms with van der Waals surface area (Å²) >= 11 is 7.82. The quantitative estimate of drug-likeness (QED) is 0.846. The molecule has 0 bridgehead atoms. The van der Waals surface area contributed by atoms with E-state index in [9.17, 15) is 0 Å². The summed E-state index contributed by atoms with van der Waals surface area (Å²) in [6.45, 7) is 7.36. The molecule has 2 rings (SSSR count). The van der Waals surface area contributed by atoms with Crippen LogP contribution in [0, 0.1) is 6.92 Å². The van der Waals surface area contributed by atoms with Gasteiger partial charge < -0.3 is 5.32 Å². The molecule has 0 aliphatic heterocycles. The van der Waals surface area contributed by atoms with Crippen LogP contribution in [0.15, 0.2) is 18.2 Å². The van der Waals surface area contributed by atoms with E-state index in [1.165, 1.54) is 0 Å². The van der Waals surface area contributed by atoms with E-state index in [2.05, 4.69) is 29.4 Å². The zero-order chi connectivity index (χ0) is 14.5. The molecule has 0 aliphatic rings. The van der Waals surface area contributed by atoms with Crippen LogP contribution in [0.4, 0.5) is 0 Å². The monoisotopic (exact) mass is 309 g/mol. The summed E-state index contributed by atoms with van der Waals surface area (Å²) in [7, 11) is 0. The average Bonchev–Trinajstić information content (AvgIpc) is 2.92. The van der Waals surface area contributed by atoms with Crippen LogP contribution in [0.5, 0.6) is 0 Å². The van der Waals surface area contributed by atoms with E-state index in [1.54, 1.807) is 11.3 Å². The second-order valence-electron chi connectivity index (χ2n) is 4.77. The second kappa shape index (κ2) is 7.16. The lowest BCUT2D eigenvalue weighted by Gasteiger charge is -2.12. The highest BCUT2D eigenvalue weighted by molar-refractivity contribution is 7.14. The number of aromatic nitrogens is 2. The van der Waals surface area contributed by atoms with E-state index in [0.29, 0.717) is 6.04 Å². The summed E-state index contributed by atoms with van der Waals surface area (Å²) in [4.78, 5) is 0. The predicted molar refractivity (Wildman–Crippen MR) is 86.4 cm³/mol. The smallest absolute Gasteiger partial charge is 0.148 e. The van der Waals surface area contributed by atoms with Gasteiger partial charge in [0.2, 0.25) is 0 Å². The molecular formula is C15H20ClN3S. The minimum Gasteiger partial charge on any atom is -0.308 e. The van der Waals surface area contributed by atoms with Crippen LogP contribution in [0.25, 0.3) is 10.6 Å². The van der Waals surface area contributed by atoms with Gasteiger partial charge in [-0.1, -0.05) is 48.9 Å². The van der Waals surface area contributed by atoms with Gasteiger partial charge >= 0.3 is 0 Å². The Morgan fingerprint density at radius 3 is 2.80 bits per heavy atom. The number of nitrogens with one attached hydrogen (secondary N) is 1. The summed E-state index contributed by atoms with van der Waals surface area (Å²) in [6.07, 6.45) is 2.14. The molecule has 0 saturated carbocycles. The molecular weight excluding hydrogens is 290 g/mol. The molecule has 1 heterocycles. The Morgan fingerprint density at radius 1 is 1.30 bits per heavy atom. The molecule has 0 radical (unpaired) electrons. The van der Waals surface area contributed by atoms with Crippen LogP contribution in [-0.4, -0.2) is 16.7 Å². The highest BCUT2D eigenvalue weighted by Crippen LogP contribution is 2.32. The van der Waals surface area contributed by atoms with Crippen molar-refractivity contribution in [2.45, 2.75) is 39.7 Å². The molecule has 3 nitrogen and oxygen atoms in total. The first-order valence-corrected chi connectivity index (χ1v) is 8.19. The average molecular weight is 310 g/mol. The van der Waals surface area contributed by atoms with Gasteiger partial charge in [-0.15, -0.1) is 10.2 Å². The Hall–Kier alpha value is -0.970. The van der Waals surface area contributed by atoms with Gasteiger partial charge in [0.05, 0.1) is 6.04 Å². The fraction of sp³-hybridized carbons (Fsp3) is 0.467. The van der Waals surface area contributed by atoms with Crippen LogP contribution in [-0.2, 0) is 0 Å². The zero-order valence-corrected chi connectivity index (χ0v) is 13.7. The van der Waals surface area contributed by atoms with Crippen molar-refractivity contribution in [3.63, 3.8) is 0 Å². The molecule has 1 aromatic carbocycles. The van der Waals surface area contributed by atoms with E-state index in [4.69, 9.17) is 11.6 Å². The minimum absolute atomic E-state index is 0.292. The van der Waals surface area contributed by atoms with Crippen molar-refractivity contribution >= 4 is 22.9 Å². The van der Waals surface area contributed by atoms with Crippen LogP contribution < -0.4 is 5.32 Å². The molecule has 0 spiro atoms. The molecule has 20 heavy (non-hydrogen) atoms. The van der Waals surface area contributed by atoms with Crippen molar-refractivity contribution < 1.29 is 0 Å². The lowest BCUT2D eigenvalue weighted by Crippen LogP contribution is -2.21. The van der Waals surface area contributed by atoms with Gasteiger partial charge in [-0.2, -0.15) is 0 Å². The molecule has 2 aromatic rings. The molecule has 1 atom stereocenters. The van der Waals surface area contributed by atoms with Crippen molar-refractivity contribution in [1.82, 2.24) is 15.5 Å². The first kappa shape index (κ1) is 15.4. The fourth-order valence-corrected chi connectivity index (χ4v) is 3.31. The molecule has 1 unspecified atom stereocenters. The van der Waals surface area contributed by atoms with Gasteiger partial charge in [0.25, 0.3) is 0 Å². The number of hydrogen-bond donors (Lipinski definition) is 1. The SMILES string of the molecule is CCCNC(CC)c1nnc(-c2cccc(Cl)c2C)s1. The van der Waals surface area contributed by atoms with Crippen molar-refractivity contribution in [2.24, 2.45) is 0 Å². The normalized spacial score (nSPS) is 12.6. The zero-order valence-electron chi connectivity index (χ0n) is 12.1. The largest absolute Gasteiger partial charge is 0.308 e. The Kier molecular flexibility index (Phi) is 5.52. The maximum atomic E-state index is 6.17. The fourth-order valence-electron chi connectivity index (χ4n) is 2.05. The Morgan fingerprint density at radius 2 is 2.10 bits per heavy atom. The molecule has 1 N–H and O–H groups in total. The molecule has 1 aromatic heterocycles. The van der Waals surface area contributed by atoms with Crippen molar-refractivity contribution in [1.29, 1.82) is 0 Å². The van der Waals surface area contributed by atoms with E-state index in [-0.39, 0.29) is 0 Å².